The second kappa shape index (κ2) is 8.23. The van der Waals surface area contributed by atoms with E-state index in [1.807, 2.05) is 0 Å². The number of hydrogen-bond donors (Lipinski definition) is 5. The second-order valence-corrected chi connectivity index (χ2v) is 7.18. The van der Waals surface area contributed by atoms with Crippen LogP contribution in [0.15, 0.2) is 11.1 Å². The summed E-state index contributed by atoms with van der Waals surface area (Å²) in [5, 5.41) is 10.7. The largest absolute Gasteiger partial charge is 0.469 e. The van der Waals surface area contributed by atoms with Crippen LogP contribution >= 0.6 is 7.82 Å². The minimum Gasteiger partial charge on any atom is -0.386 e. The lowest BCUT2D eigenvalue weighted by atomic mass is 10.1. The fraction of sp³-hybridized carbons (Fsp3) is 0.615. The summed E-state index contributed by atoms with van der Waals surface area (Å²) in [7, 11) is -3.30. The Morgan fingerprint density at radius 3 is 2.86 bits per heavy atom. The fourth-order valence-corrected chi connectivity index (χ4v) is 3.20. The van der Waals surface area contributed by atoms with E-state index in [0.717, 1.165) is 0 Å². The highest BCUT2D eigenvalue weighted by Crippen LogP contribution is 2.39. The number of nitrogen functional groups attached to an aromatic ring is 1. The summed E-state index contributed by atoms with van der Waals surface area (Å²) in [5.74, 6) is -0.152. The number of nitrogens with two attached hydrogens (primary N) is 1. The molecule has 156 valence electrons. The number of imidazole rings is 1. The molecule has 2 aromatic rings. The molecule has 4 atom stereocenters. The predicted octanol–water partition coefficient (Wildman–Crippen LogP) is -1.90. The third-order valence-electron chi connectivity index (χ3n) is 4.04. The first-order valence-electron chi connectivity index (χ1n) is 8.07. The van der Waals surface area contributed by atoms with E-state index in [9.17, 15) is 14.5 Å². The maximum atomic E-state index is 11.9. The maximum absolute atomic E-state index is 11.9. The summed E-state index contributed by atoms with van der Waals surface area (Å²) in [4.78, 5) is 40.0. The molecule has 0 aromatic carbocycles. The molecular formula is C13H20N5O9P. The zero-order valence-electron chi connectivity index (χ0n) is 14.7. The summed E-state index contributed by atoms with van der Waals surface area (Å²) in [6.07, 6.45) is -3.19. The van der Waals surface area contributed by atoms with Crippen LogP contribution in [0, 0.1) is 0 Å². The van der Waals surface area contributed by atoms with Crippen LogP contribution in [0.3, 0.4) is 0 Å². The number of hydrogen-bond acceptors (Lipinski definition) is 10. The number of H-pyrrole nitrogens is 1. The maximum Gasteiger partial charge on any atom is 0.469 e. The lowest BCUT2D eigenvalue weighted by molar-refractivity contribution is -0.0669. The van der Waals surface area contributed by atoms with E-state index in [-0.39, 0.29) is 30.3 Å². The first-order chi connectivity index (χ1) is 13.2. The molecule has 0 aliphatic carbocycles. The molecule has 15 heteroatoms. The molecule has 0 spiro atoms. The van der Waals surface area contributed by atoms with Crippen molar-refractivity contribution in [3.63, 3.8) is 0 Å². The van der Waals surface area contributed by atoms with Crippen molar-refractivity contribution >= 4 is 24.9 Å². The van der Waals surface area contributed by atoms with Crippen molar-refractivity contribution in [3.8, 4) is 0 Å². The van der Waals surface area contributed by atoms with Gasteiger partial charge in [-0.1, -0.05) is 0 Å². The third kappa shape index (κ3) is 4.39. The molecule has 1 aliphatic rings. The Kier molecular flexibility index (Phi) is 6.12. The van der Waals surface area contributed by atoms with Gasteiger partial charge in [0.05, 0.1) is 26.1 Å². The van der Waals surface area contributed by atoms with Gasteiger partial charge in [-0.2, -0.15) is 4.98 Å². The van der Waals surface area contributed by atoms with E-state index >= 15 is 0 Å². The van der Waals surface area contributed by atoms with E-state index in [0.29, 0.717) is 0 Å². The minimum atomic E-state index is -4.76. The number of aliphatic hydroxyl groups excluding tert-OH is 1. The summed E-state index contributed by atoms with van der Waals surface area (Å²) < 4.78 is 32.9. The van der Waals surface area contributed by atoms with Crippen LogP contribution in [0.1, 0.15) is 6.23 Å². The van der Waals surface area contributed by atoms with Gasteiger partial charge in [0, 0.05) is 7.11 Å². The van der Waals surface area contributed by atoms with E-state index in [1.54, 1.807) is 0 Å². The first kappa shape index (κ1) is 20.8. The Morgan fingerprint density at radius 2 is 2.18 bits per heavy atom. The molecule has 3 heterocycles. The average molecular weight is 421 g/mol. The van der Waals surface area contributed by atoms with Crippen LogP contribution < -0.4 is 11.3 Å². The van der Waals surface area contributed by atoms with E-state index in [1.165, 1.54) is 18.0 Å². The zero-order valence-corrected chi connectivity index (χ0v) is 15.6. The summed E-state index contributed by atoms with van der Waals surface area (Å²) in [5.41, 5.74) is 5.04. The number of aliphatic hydroxyl groups is 1. The molecule has 1 fully saturated rings. The Balaban J connectivity index is 1.89. The van der Waals surface area contributed by atoms with Crippen molar-refractivity contribution in [2.45, 2.75) is 24.5 Å². The molecule has 0 bridgehead atoms. The molecule has 0 radical (unpaired) electrons. The van der Waals surface area contributed by atoms with Crippen LogP contribution in [0.25, 0.3) is 11.2 Å². The number of rotatable bonds is 8. The lowest BCUT2D eigenvalue weighted by Crippen LogP contribution is -2.37. The lowest BCUT2D eigenvalue weighted by Gasteiger charge is -2.20. The highest BCUT2D eigenvalue weighted by Gasteiger charge is 2.47. The van der Waals surface area contributed by atoms with Gasteiger partial charge >= 0.3 is 7.82 Å². The second-order valence-electron chi connectivity index (χ2n) is 5.95. The number of nitrogens with zero attached hydrogens (tertiary/aromatic N) is 3. The van der Waals surface area contributed by atoms with Gasteiger partial charge in [0.1, 0.15) is 18.3 Å². The Morgan fingerprint density at radius 1 is 1.43 bits per heavy atom. The molecule has 1 aliphatic heterocycles. The predicted molar refractivity (Wildman–Crippen MR) is 92.1 cm³/mol. The quantitative estimate of drug-likeness (QED) is 0.234. The van der Waals surface area contributed by atoms with E-state index < -0.39 is 44.5 Å². The molecule has 14 nitrogen and oxygen atoms in total. The normalized spacial score (nSPS) is 25.6. The average Bonchev–Trinajstić information content (AvgIpc) is 3.14. The van der Waals surface area contributed by atoms with E-state index in [2.05, 4.69) is 19.5 Å². The van der Waals surface area contributed by atoms with Crippen LogP contribution in [0.2, 0.25) is 0 Å². The molecule has 0 amide bonds. The number of anilines is 1. The fourth-order valence-electron chi connectivity index (χ4n) is 2.86. The number of ether oxygens (including phenoxy) is 3. The Hall–Kier alpha value is -1.90. The van der Waals surface area contributed by atoms with Crippen molar-refractivity contribution in [2.24, 2.45) is 0 Å². The third-order valence-corrected chi connectivity index (χ3v) is 4.52. The van der Waals surface area contributed by atoms with Gasteiger partial charge in [0.25, 0.3) is 5.56 Å². The van der Waals surface area contributed by atoms with E-state index in [4.69, 9.17) is 29.7 Å². The molecule has 1 saturated heterocycles. The smallest absolute Gasteiger partial charge is 0.386 e. The van der Waals surface area contributed by atoms with Crippen LogP contribution in [0.5, 0.6) is 0 Å². The molecule has 0 saturated carbocycles. The molecular weight excluding hydrogens is 401 g/mol. The van der Waals surface area contributed by atoms with Gasteiger partial charge in [0.2, 0.25) is 5.95 Å². The zero-order chi connectivity index (χ0) is 20.5. The van der Waals surface area contributed by atoms with Gasteiger partial charge in [0.15, 0.2) is 17.4 Å². The molecule has 1 unspecified atom stereocenters. The van der Waals surface area contributed by atoms with Crippen LogP contribution in [0.4, 0.5) is 5.95 Å². The monoisotopic (exact) mass is 421 g/mol. The van der Waals surface area contributed by atoms with Gasteiger partial charge in [-0.25, -0.2) is 9.55 Å². The number of aromatic amines is 1. The number of aromatic nitrogens is 4. The van der Waals surface area contributed by atoms with Gasteiger partial charge in [-0.15, -0.1) is 0 Å². The number of fused-ring (bicyclic) bond motifs is 1. The van der Waals surface area contributed by atoms with Crippen molar-refractivity contribution in [1.29, 1.82) is 0 Å². The Bertz CT molecular complexity index is 927. The number of phosphoric acid groups is 1. The van der Waals surface area contributed by atoms with Gasteiger partial charge < -0.3 is 34.8 Å². The minimum absolute atomic E-state index is 0.0169. The summed E-state index contributed by atoms with van der Waals surface area (Å²) in [6.45, 7) is -0.226. The molecule has 6 N–H and O–H groups in total. The van der Waals surface area contributed by atoms with Crippen molar-refractivity contribution in [2.75, 3.05) is 32.7 Å². The highest BCUT2D eigenvalue weighted by molar-refractivity contribution is 7.46. The van der Waals surface area contributed by atoms with Gasteiger partial charge in [-0.05, 0) is 0 Å². The number of phosphoric ester groups is 1. The molecule has 3 rings (SSSR count). The molecule has 28 heavy (non-hydrogen) atoms. The van der Waals surface area contributed by atoms with Crippen molar-refractivity contribution in [3.05, 3.63) is 16.7 Å². The molecule has 2 aromatic heterocycles. The van der Waals surface area contributed by atoms with Gasteiger partial charge in [-0.3, -0.25) is 18.9 Å². The first-order valence-corrected chi connectivity index (χ1v) is 9.61. The summed E-state index contributed by atoms with van der Waals surface area (Å²) >= 11 is 0. The SMILES string of the molecule is COCCO[C@@H]1C(O)[C@H](n2cnc3c(=O)[nH]c(N)nc32)O[C@@H]1COP(=O)(O)O. The van der Waals surface area contributed by atoms with Crippen LogP contribution in [-0.2, 0) is 23.3 Å². The Labute approximate surface area is 157 Å². The van der Waals surface area contributed by atoms with Crippen molar-refractivity contribution < 1.29 is 38.2 Å². The topological polar surface area (TPSA) is 204 Å². The number of methoxy groups -OCH3 is 1. The van der Waals surface area contributed by atoms with Crippen LogP contribution in [-0.4, -0.2) is 79.7 Å². The standard InChI is InChI=1S/C13H20N5O9P/c1-24-2-3-25-9-6(4-26-28(21,22)23)27-12(8(9)19)18-5-15-7-10(18)16-13(14)17-11(7)20/h5-6,8-9,12,19H,2-4H2,1H3,(H2,21,22,23)(H3,14,16,17,20)/t6-,8?,9+,12-/m1/s1. The highest BCUT2D eigenvalue weighted by atomic mass is 31.2. The number of nitrogens with one attached hydrogen (secondary N) is 1. The van der Waals surface area contributed by atoms with Crippen molar-refractivity contribution in [1.82, 2.24) is 19.5 Å². The summed E-state index contributed by atoms with van der Waals surface area (Å²) in [6, 6.07) is 0.